The van der Waals surface area contributed by atoms with Gasteiger partial charge in [-0.2, -0.15) is 0 Å². The first kappa shape index (κ1) is 16.4. The van der Waals surface area contributed by atoms with Crippen LogP contribution < -0.4 is 0 Å². The highest BCUT2D eigenvalue weighted by Crippen LogP contribution is 2.64. The molecule has 0 bridgehead atoms. The van der Waals surface area contributed by atoms with Gasteiger partial charge in [-0.05, 0) is 67.9 Å². The first-order valence-electron chi connectivity index (χ1n) is 9.22. The number of ketones is 1. The minimum atomic E-state index is -1.18. The van der Waals surface area contributed by atoms with Gasteiger partial charge in [0.1, 0.15) is 5.60 Å². The van der Waals surface area contributed by atoms with Crippen molar-refractivity contribution in [1.29, 1.82) is 0 Å². The lowest BCUT2D eigenvalue weighted by atomic mass is 9.49. The maximum atomic E-state index is 11.8. The molecule has 24 heavy (non-hydrogen) atoms. The lowest BCUT2D eigenvalue weighted by Crippen LogP contribution is -2.57. The minimum Gasteiger partial charge on any atom is -0.373 e. The van der Waals surface area contributed by atoms with Crippen LogP contribution in [0.4, 0.5) is 0 Å². The van der Waals surface area contributed by atoms with Crippen molar-refractivity contribution in [3.8, 4) is 12.3 Å². The van der Waals surface area contributed by atoms with E-state index in [-0.39, 0.29) is 16.6 Å². The van der Waals surface area contributed by atoms with Gasteiger partial charge in [-0.1, -0.05) is 24.5 Å². The predicted molar refractivity (Wildman–Crippen MR) is 95.4 cm³/mol. The zero-order valence-electron chi connectivity index (χ0n) is 14.2. The summed E-state index contributed by atoms with van der Waals surface area (Å²) in [7, 11) is 0. The molecule has 128 valence electrons. The molecule has 0 aromatic rings. The second kappa shape index (κ2) is 5.48. The Balaban J connectivity index is 1.74. The molecular weight excluding hydrogens is 320 g/mol. The Kier molecular flexibility index (Phi) is 3.75. The summed E-state index contributed by atoms with van der Waals surface area (Å²) in [4.78, 5) is 11.8. The Morgan fingerprint density at radius 3 is 2.92 bits per heavy atom. The van der Waals surface area contributed by atoms with Crippen molar-refractivity contribution < 1.29 is 9.90 Å². The van der Waals surface area contributed by atoms with Gasteiger partial charge in [-0.3, -0.25) is 4.79 Å². The van der Waals surface area contributed by atoms with E-state index in [4.69, 9.17) is 18.0 Å². The number of fused-ring (bicyclic) bond motifs is 5. The van der Waals surface area contributed by atoms with Gasteiger partial charge in [0.05, 0.1) is 0 Å². The van der Waals surface area contributed by atoms with E-state index < -0.39 is 5.60 Å². The molecule has 0 spiro atoms. The van der Waals surface area contributed by atoms with Crippen LogP contribution in [0.1, 0.15) is 45.4 Å². The Bertz CT molecular complexity index is 672. The van der Waals surface area contributed by atoms with Gasteiger partial charge < -0.3 is 5.11 Å². The van der Waals surface area contributed by atoms with Crippen molar-refractivity contribution in [3.63, 3.8) is 0 Å². The summed E-state index contributed by atoms with van der Waals surface area (Å²) in [6.07, 6.45) is 16.8. The predicted octanol–water partition coefficient (Wildman–Crippen LogP) is 3.88. The molecule has 2 saturated carbocycles. The standard InChI is InChI=1S/C21H25ClO2/c1-3-20-12-18(22)19-15-8-6-14(23)11-13(15)5-7-16(19)17(20)9-10-21(20,24)4-2/h2,9-11,15-19,24H,3,5-8,12H2,1H3/t15-,16-,17-,18-,19+,20-,21-/m0/s1. The summed E-state index contributed by atoms with van der Waals surface area (Å²) in [5.74, 6) is 4.52. The number of carbonyl (C=O) groups is 1. The van der Waals surface area contributed by atoms with Crippen molar-refractivity contribution in [3.05, 3.63) is 23.8 Å². The van der Waals surface area contributed by atoms with Crippen LogP contribution >= 0.6 is 11.6 Å². The fourth-order valence-electron chi connectivity index (χ4n) is 6.35. The molecule has 2 nitrogen and oxygen atoms in total. The second-order valence-electron chi connectivity index (χ2n) is 8.14. The first-order chi connectivity index (χ1) is 11.5. The van der Waals surface area contributed by atoms with E-state index in [1.165, 1.54) is 5.57 Å². The molecule has 3 heteroatoms. The molecule has 0 radical (unpaired) electrons. The van der Waals surface area contributed by atoms with E-state index in [0.717, 1.165) is 32.1 Å². The van der Waals surface area contributed by atoms with Crippen LogP contribution in [0.5, 0.6) is 0 Å². The lowest BCUT2D eigenvalue weighted by Gasteiger charge is -2.57. The molecule has 4 aliphatic rings. The topological polar surface area (TPSA) is 37.3 Å². The number of rotatable bonds is 1. The highest BCUT2D eigenvalue weighted by molar-refractivity contribution is 6.21. The van der Waals surface area contributed by atoms with Gasteiger partial charge in [0.2, 0.25) is 0 Å². The van der Waals surface area contributed by atoms with Crippen LogP contribution in [-0.4, -0.2) is 21.9 Å². The average molecular weight is 345 g/mol. The van der Waals surface area contributed by atoms with Gasteiger partial charge >= 0.3 is 0 Å². The molecule has 7 atom stereocenters. The van der Waals surface area contributed by atoms with E-state index in [9.17, 15) is 9.90 Å². The van der Waals surface area contributed by atoms with Crippen molar-refractivity contribution in [2.45, 2.75) is 56.4 Å². The Hall–Kier alpha value is -1.04. The maximum Gasteiger partial charge on any atom is 0.155 e. The highest BCUT2D eigenvalue weighted by atomic mass is 35.5. The van der Waals surface area contributed by atoms with Crippen molar-refractivity contribution in [1.82, 2.24) is 0 Å². The SMILES string of the molecule is C#C[C@]1(O)C=C[C@H]2[C@@H]3CCC4=CC(=O)CC[C@@H]4[C@H]3[C@@H](Cl)C[C@@]21CC. The van der Waals surface area contributed by atoms with E-state index in [1.807, 2.05) is 12.2 Å². The zero-order valence-corrected chi connectivity index (χ0v) is 14.9. The third-order valence-electron chi connectivity index (χ3n) is 7.48. The molecule has 4 aliphatic carbocycles. The smallest absolute Gasteiger partial charge is 0.155 e. The molecule has 0 saturated heterocycles. The summed E-state index contributed by atoms with van der Waals surface area (Å²) >= 11 is 6.95. The van der Waals surface area contributed by atoms with Crippen LogP contribution in [0.15, 0.2) is 23.8 Å². The molecule has 0 aromatic heterocycles. The van der Waals surface area contributed by atoms with Gasteiger partial charge in [0, 0.05) is 17.2 Å². The largest absolute Gasteiger partial charge is 0.373 e. The average Bonchev–Trinajstić information content (AvgIpc) is 2.88. The van der Waals surface area contributed by atoms with Crippen LogP contribution in [0.2, 0.25) is 0 Å². The third kappa shape index (κ3) is 1.98. The quantitative estimate of drug-likeness (QED) is 0.445. The van der Waals surface area contributed by atoms with Gasteiger partial charge in [0.25, 0.3) is 0 Å². The maximum absolute atomic E-state index is 11.8. The van der Waals surface area contributed by atoms with Gasteiger partial charge in [-0.25, -0.2) is 0 Å². The number of hydrogen-bond acceptors (Lipinski definition) is 2. The van der Waals surface area contributed by atoms with Gasteiger partial charge in [-0.15, -0.1) is 18.0 Å². The fourth-order valence-corrected chi connectivity index (χ4v) is 6.98. The van der Waals surface area contributed by atoms with Crippen LogP contribution in [0.3, 0.4) is 0 Å². The number of carbonyl (C=O) groups excluding carboxylic acids is 1. The van der Waals surface area contributed by atoms with E-state index in [1.54, 1.807) is 0 Å². The van der Waals surface area contributed by atoms with Crippen LogP contribution in [-0.2, 0) is 4.79 Å². The van der Waals surface area contributed by atoms with E-state index >= 15 is 0 Å². The number of hydrogen-bond donors (Lipinski definition) is 1. The summed E-state index contributed by atoms with van der Waals surface area (Å²) < 4.78 is 0. The third-order valence-corrected chi connectivity index (χ3v) is 7.93. The minimum absolute atomic E-state index is 0.00729. The van der Waals surface area contributed by atoms with Crippen molar-refractivity contribution in [2.75, 3.05) is 0 Å². The Labute approximate surface area is 149 Å². The normalized spacial score (nSPS) is 49.7. The number of allylic oxidation sites excluding steroid dienone is 3. The van der Waals surface area contributed by atoms with Crippen LogP contribution in [0.25, 0.3) is 0 Å². The molecule has 0 aromatic carbocycles. The monoisotopic (exact) mass is 344 g/mol. The lowest BCUT2D eigenvalue weighted by molar-refractivity contribution is -0.116. The molecule has 0 heterocycles. The van der Waals surface area contributed by atoms with Crippen molar-refractivity contribution >= 4 is 17.4 Å². The summed E-state index contributed by atoms with van der Waals surface area (Å²) in [6.45, 7) is 2.12. The van der Waals surface area contributed by atoms with Crippen LogP contribution in [0, 0.1) is 41.4 Å². The first-order valence-corrected chi connectivity index (χ1v) is 9.66. The number of alkyl halides is 1. The summed E-state index contributed by atoms with van der Waals surface area (Å²) in [5, 5.41) is 11.1. The summed E-state index contributed by atoms with van der Waals surface area (Å²) in [5.41, 5.74) is -0.194. The number of halogens is 1. The van der Waals surface area contributed by atoms with Gasteiger partial charge in [0.15, 0.2) is 5.78 Å². The van der Waals surface area contributed by atoms with Crippen molar-refractivity contribution in [2.24, 2.45) is 29.1 Å². The Morgan fingerprint density at radius 2 is 2.21 bits per heavy atom. The highest BCUT2D eigenvalue weighted by Gasteiger charge is 2.63. The number of terminal acetylenes is 1. The molecule has 4 rings (SSSR count). The Morgan fingerprint density at radius 1 is 1.42 bits per heavy atom. The molecule has 1 N–H and O–H groups in total. The molecule has 0 amide bonds. The molecular formula is C21H25ClO2. The zero-order chi connectivity index (χ0) is 17.1. The molecule has 0 unspecified atom stereocenters. The fraction of sp³-hybridized carbons (Fsp3) is 0.667. The number of aliphatic hydroxyl groups is 1. The second-order valence-corrected chi connectivity index (χ2v) is 8.70. The van der Waals surface area contributed by atoms with E-state index in [0.29, 0.717) is 30.1 Å². The molecule has 2 fully saturated rings. The van der Waals surface area contributed by atoms with E-state index in [2.05, 4.69) is 18.9 Å². The summed E-state index contributed by atoms with van der Waals surface area (Å²) in [6, 6.07) is 0. The molecule has 0 aliphatic heterocycles.